The molecule has 2 aromatic carbocycles. The number of thiocarbonyl (C=S) groups is 1. The average Bonchev–Trinajstić information content (AvgIpc) is 3.13. The highest BCUT2D eigenvalue weighted by Gasteiger charge is 2.23. The Morgan fingerprint density at radius 3 is 2.30 bits per heavy atom. The number of aryl methyl sites for hydroxylation is 1. The van der Waals surface area contributed by atoms with Gasteiger partial charge in [0.15, 0.2) is 0 Å². The topological polar surface area (TPSA) is 34.0 Å². The molecule has 1 saturated heterocycles. The predicted molar refractivity (Wildman–Crippen MR) is 117 cm³/mol. The van der Waals surface area contributed by atoms with E-state index in [2.05, 4.69) is 66.2 Å². The molecule has 0 spiro atoms. The SMILES string of the molecule is Cc1cc(C=C2SC(=S)NC2=O)c(C)n1-c1ccc(-c2ccccc2)cc1. The molecule has 27 heavy (non-hydrogen) atoms. The van der Waals surface area contributed by atoms with E-state index in [1.807, 2.05) is 24.3 Å². The molecule has 0 radical (unpaired) electrons. The molecule has 0 saturated carbocycles. The van der Waals surface area contributed by atoms with Crippen LogP contribution in [0, 0.1) is 13.8 Å². The molecule has 1 N–H and O–H groups in total. The zero-order valence-corrected chi connectivity index (χ0v) is 16.7. The highest BCUT2D eigenvalue weighted by atomic mass is 32.2. The number of carbonyl (C=O) groups is 1. The minimum absolute atomic E-state index is 0.123. The molecule has 1 aromatic heterocycles. The Morgan fingerprint density at radius 1 is 1.00 bits per heavy atom. The molecule has 134 valence electrons. The normalized spacial score (nSPS) is 15.4. The van der Waals surface area contributed by atoms with E-state index in [1.54, 1.807) is 0 Å². The van der Waals surface area contributed by atoms with Gasteiger partial charge < -0.3 is 9.88 Å². The molecule has 0 aliphatic carbocycles. The molecule has 3 aromatic rings. The Morgan fingerprint density at radius 2 is 1.67 bits per heavy atom. The van der Waals surface area contributed by atoms with Crippen molar-refractivity contribution in [1.29, 1.82) is 0 Å². The summed E-state index contributed by atoms with van der Waals surface area (Å²) in [5, 5.41) is 2.66. The first kappa shape index (κ1) is 17.8. The Labute approximate surface area is 168 Å². The second kappa shape index (κ2) is 7.18. The van der Waals surface area contributed by atoms with Gasteiger partial charge in [-0.1, -0.05) is 66.4 Å². The second-order valence-corrected chi connectivity index (χ2v) is 8.15. The molecule has 2 heterocycles. The number of aromatic nitrogens is 1. The van der Waals surface area contributed by atoms with Crippen LogP contribution in [-0.2, 0) is 4.79 Å². The number of hydrogen-bond acceptors (Lipinski definition) is 3. The molecule has 0 bridgehead atoms. The van der Waals surface area contributed by atoms with Crippen molar-refractivity contribution in [3.63, 3.8) is 0 Å². The molecule has 5 heteroatoms. The molecule has 1 fully saturated rings. The minimum Gasteiger partial charge on any atom is -0.318 e. The molecular formula is C22H18N2OS2. The maximum atomic E-state index is 11.9. The number of amides is 1. The van der Waals surface area contributed by atoms with Crippen molar-refractivity contribution in [3.05, 3.63) is 82.5 Å². The Kier molecular flexibility index (Phi) is 4.72. The van der Waals surface area contributed by atoms with Crippen LogP contribution in [-0.4, -0.2) is 14.8 Å². The van der Waals surface area contributed by atoms with Crippen molar-refractivity contribution < 1.29 is 4.79 Å². The van der Waals surface area contributed by atoms with Crippen molar-refractivity contribution in [2.45, 2.75) is 13.8 Å². The number of nitrogens with zero attached hydrogens (tertiary/aromatic N) is 1. The van der Waals surface area contributed by atoms with Crippen molar-refractivity contribution in [2.24, 2.45) is 0 Å². The van der Waals surface area contributed by atoms with Gasteiger partial charge in [-0.2, -0.15) is 0 Å². The van der Waals surface area contributed by atoms with Crippen molar-refractivity contribution in [1.82, 2.24) is 9.88 Å². The molecule has 1 aliphatic rings. The number of carbonyl (C=O) groups excluding carboxylic acids is 1. The quantitative estimate of drug-likeness (QED) is 0.490. The highest BCUT2D eigenvalue weighted by molar-refractivity contribution is 8.26. The van der Waals surface area contributed by atoms with E-state index in [0.717, 1.165) is 22.6 Å². The molecule has 0 unspecified atom stereocenters. The summed E-state index contributed by atoms with van der Waals surface area (Å²) in [6, 6.07) is 21.0. The molecule has 1 amide bonds. The summed E-state index contributed by atoms with van der Waals surface area (Å²) in [6.45, 7) is 4.15. The first-order chi connectivity index (χ1) is 13.0. The van der Waals surface area contributed by atoms with E-state index in [1.165, 1.54) is 22.9 Å². The van der Waals surface area contributed by atoms with Gasteiger partial charge in [-0.3, -0.25) is 4.79 Å². The van der Waals surface area contributed by atoms with E-state index < -0.39 is 0 Å². The van der Waals surface area contributed by atoms with E-state index >= 15 is 0 Å². The van der Waals surface area contributed by atoms with E-state index in [4.69, 9.17) is 12.2 Å². The third-order valence-corrected chi connectivity index (χ3v) is 5.79. The lowest BCUT2D eigenvalue weighted by atomic mass is 10.1. The van der Waals surface area contributed by atoms with Crippen molar-refractivity contribution in [2.75, 3.05) is 0 Å². The van der Waals surface area contributed by atoms with Crippen LogP contribution >= 0.6 is 24.0 Å². The van der Waals surface area contributed by atoms with Crippen molar-refractivity contribution >= 4 is 40.3 Å². The Balaban J connectivity index is 1.69. The third kappa shape index (κ3) is 3.48. The van der Waals surface area contributed by atoms with Crippen LogP contribution in [0.25, 0.3) is 22.9 Å². The lowest BCUT2D eigenvalue weighted by Gasteiger charge is -2.11. The third-order valence-electron chi connectivity index (χ3n) is 4.63. The van der Waals surface area contributed by atoms with E-state index in [0.29, 0.717) is 9.23 Å². The van der Waals surface area contributed by atoms with Gasteiger partial charge in [0, 0.05) is 17.1 Å². The zero-order chi connectivity index (χ0) is 19.0. The molecule has 3 nitrogen and oxygen atoms in total. The predicted octanol–water partition coefficient (Wildman–Crippen LogP) is 5.25. The van der Waals surface area contributed by atoms with Crippen LogP contribution in [0.1, 0.15) is 17.0 Å². The van der Waals surface area contributed by atoms with Crippen LogP contribution in [0.3, 0.4) is 0 Å². The Hall–Kier alpha value is -2.63. The van der Waals surface area contributed by atoms with Gasteiger partial charge in [-0.05, 0) is 54.8 Å². The maximum Gasteiger partial charge on any atom is 0.263 e. The lowest BCUT2D eigenvalue weighted by Crippen LogP contribution is -2.17. The molecule has 4 rings (SSSR count). The monoisotopic (exact) mass is 390 g/mol. The molecular weight excluding hydrogens is 372 g/mol. The fourth-order valence-corrected chi connectivity index (χ4v) is 4.36. The first-order valence-corrected chi connectivity index (χ1v) is 9.85. The number of nitrogens with one attached hydrogen (secondary N) is 1. The second-order valence-electron chi connectivity index (χ2n) is 6.43. The number of thioether (sulfide) groups is 1. The van der Waals surface area contributed by atoms with Gasteiger partial charge in [-0.15, -0.1) is 0 Å². The molecule has 0 atom stereocenters. The highest BCUT2D eigenvalue weighted by Crippen LogP contribution is 2.30. The Bertz CT molecular complexity index is 1060. The van der Waals surface area contributed by atoms with Gasteiger partial charge in [0.1, 0.15) is 4.32 Å². The van der Waals surface area contributed by atoms with Crippen LogP contribution in [0.4, 0.5) is 0 Å². The zero-order valence-electron chi connectivity index (χ0n) is 15.0. The summed E-state index contributed by atoms with van der Waals surface area (Å²) in [6.07, 6.45) is 1.91. The van der Waals surface area contributed by atoms with Crippen LogP contribution in [0.5, 0.6) is 0 Å². The summed E-state index contributed by atoms with van der Waals surface area (Å²) in [7, 11) is 0. The maximum absolute atomic E-state index is 11.9. The standard InChI is InChI=1S/C22H18N2OS2/c1-14-12-18(13-20-21(25)23-22(26)27-20)15(2)24(14)19-10-8-17(9-11-19)16-6-4-3-5-7-16/h3-13H,1-2H3,(H,23,25,26). The van der Waals surface area contributed by atoms with Gasteiger partial charge >= 0.3 is 0 Å². The van der Waals surface area contributed by atoms with Gasteiger partial charge in [0.25, 0.3) is 5.91 Å². The lowest BCUT2D eigenvalue weighted by molar-refractivity contribution is -0.115. The largest absolute Gasteiger partial charge is 0.318 e. The summed E-state index contributed by atoms with van der Waals surface area (Å²) in [5.74, 6) is -0.123. The summed E-state index contributed by atoms with van der Waals surface area (Å²) in [5.41, 5.74) is 6.75. The minimum atomic E-state index is -0.123. The van der Waals surface area contributed by atoms with Crippen LogP contribution in [0.15, 0.2) is 65.6 Å². The number of hydrogen-bond donors (Lipinski definition) is 1. The van der Waals surface area contributed by atoms with Crippen LogP contribution in [0.2, 0.25) is 0 Å². The summed E-state index contributed by atoms with van der Waals surface area (Å²) < 4.78 is 2.72. The smallest absolute Gasteiger partial charge is 0.263 e. The molecule has 1 aliphatic heterocycles. The number of rotatable bonds is 3. The first-order valence-electron chi connectivity index (χ1n) is 8.62. The fourth-order valence-electron chi connectivity index (χ4n) is 3.33. The van der Waals surface area contributed by atoms with Gasteiger partial charge in [0.05, 0.1) is 4.91 Å². The van der Waals surface area contributed by atoms with Crippen molar-refractivity contribution in [3.8, 4) is 16.8 Å². The van der Waals surface area contributed by atoms with Gasteiger partial charge in [-0.25, -0.2) is 0 Å². The van der Waals surface area contributed by atoms with Gasteiger partial charge in [0.2, 0.25) is 0 Å². The van der Waals surface area contributed by atoms with E-state index in [9.17, 15) is 4.79 Å². The summed E-state index contributed by atoms with van der Waals surface area (Å²) in [4.78, 5) is 12.6. The summed E-state index contributed by atoms with van der Waals surface area (Å²) >= 11 is 6.38. The van der Waals surface area contributed by atoms with Crippen LogP contribution < -0.4 is 5.32 Å². The average molecular weight is 391 g/mol. The fraction of sp³-hybridized carbons (Fsp3) is 0.0909. The van der Waals surface area contributed by atoms with E-state index in [-0.39, 0.29) is 5.91 Å². The number of benzene rings is 2.